The minimum absolute atomic E-state index is 0.0997. The molecule has 5 heteroatoms. The van der Waals surface area contributed by atoms with Crippen LogP contribution in [0, 0.1) is 0 Å². The number of carbonyl (C=O) groups is 1. The highest BCUT2D eigenvalue weighted by molar-refractivity contribution is 5.90. The quantitative estimate of drug-likeness (QED) is 0.718. The van der Waals surface area contributed by atoms with Crippen LogP contribution in [0.25, 0.3) is 0 Å². The number of anilines is 1. The standard InChI is InChI=1S/C15H24N2O3/c1-4-15(3,11-18)17-14(19)16-13-9-7-6-8-12(13)10-20-5-2/h6-9,18H,4-5,10-11H2,1-3H3,(H2,16,17,19). The lowest BCUT2D eigenvalue weighted by molar-refractivity contribution is 0.134. The number of para-hydroxylation sites is 1. The highest BCUT2D eigenvalue weighted by Gasteiger charge is 2.23. The van der Waals surface area contributed by atoms with E-state index in [4.69, 9.17) is 4.74 Å². The molecule has 0 aromatic heterocycles. The maximum atomic E-state index is 12.0. The van der Waals surface area contributed by atoms with Crippen molar-refractivity contribution in [2.75, 3.05) is 18.5 Å². The number of amides is 2. The smallest absolute Gasteiger partial charge is 0.319 e. The summed E-state index contributed by atoms with van der Waals surface area (Å²) in [5.74, 6) is 0. The van der Waals surface area contributed by atoms with Crippen LogP contribution in [0.1, 0.15) is 32.8 Å². The highest BCUT2D eigenvalue weighted by atomic mass is 16.5. The largest absolute Gasteiger partial charge is 0.394 e. The number of hydrogen-bond donors (Lipinski definition) is 3. The van der Waals surface area contributed by atoms with Crippen LogP contribution in [0.3, 0.4) is 0 Å². The van der Waals surface area contributed by atoms with E-state index in [-0.39, 0.29) is 12.6 Å². The highest BCUT2D eigenvalue weighted by Crippen LogP contribution is 2.16. The Hall–Kier alpha value is -1.59. The molecule has 0 saturated carbocycles. The van der Waals surface area contributed by atoms with Gasteiger partial charge >= 0.3 is 6.03 Å². The lowest BCUT2D eigenvalue weighted by atomic mass is 10.0. The van der Waals surface area contributed by atoms with E-state index in [1.54, 1.807) is 6.92 Å². The van der Waals surface area contributed by atoms with Gasteiger partial charge in [-0.3, -0.25) is 0 Å². The molecule has 1 aromatic rings. The Labute approximate surface area is 120 Å². The fraction of sp³-hybridized carbons (Fsp3) is 0.533. The Kier molecular flexibility index (Phi) is 6.48. The van der Waals surface area contributed by atoms with Crippen LogP contribution in [0.4, 0.5) is 10.5 Å². The van der Waals surface area contributed by atoms with E-state index in [0.29, 0.717) is 19.6 Å². The summed E-state index contributed by atoms with van der Waals surface area (Å²) in [4.78, 5) is 12.0. The van der Waals surface area contributed by atoms with Gasteiger partial charge in [0.15, 0.2) is 0 Å². The van der Waals surface area contributed by atoms with Crippen molar-refractivity contribution in [3.05, 3.63) is 29.8 Å². The molecule has 1 unspecified atom stereocenters. The van der Waals surface area contributed by atoms with Crippen molar-refractivity contribution in [3.8, 4) is 0 Å². The average molecular weight is 280 g/mol. The molecule has 0 fully saturated rings. The van der Waals surface area contributed by atoms with Gasteiger partial charge in [-0.1, -0.05) is 25.1 Å². The van der Waals surface area contributed by atoms with Crippen LogP contribution in [0.2, 0.25) is 0 Å². The van der Waals surface area contributed by atoms with E-state index in [1.807, 2.05) is 38.1 Å². The average Bonchev–Trinajstić information content (AvgIpc) is 2.46. The van der Waals surface area contributed by atoms with Gasteiger partial charge in [-0.15, -0.1) is 0 Å². The zero-order valence-corrected chi connectivity index (χ0v) is 12.4. The van der Waals surface area contributed by atoms with Gasteiger partial charge in [-0.05, 0) is 26.3 Å². The Morgan fingerprint density at radius 3 is 2.65 bits per heavy atom. The molecule has 1 rings (SSSR count). The van der Waals surface area contributed by atoms with Crippen LogP contribution in [-0.2, 0) is 11.3 Å². The number of benzene rings is 1. The first kappa shape index (κ1) is 16.5. The van der Waals surface area contributed by atoms with Crippen molar-refractivity contribution in [2.24, 2.45) is 0 Å². The van der Waals surface area contributed by atoms with Gasteiger partial charge in [-0.2, -0.15) is 0 Å². The fourth-order valence-electron chi connectivity index (χ4n) is 1.65. The predicted molar refractivity (Wildman–Crippen MR) is 79.7 cm³/mol. The number of nitrogens with one attached hydrogen (secondary N) is 2. The maximum Gasteiger partial charge on any atom is 0.319 e. The predicted octanol–water partition coefficient (Wildman–Crippen LogP) is 2.51. The molecule has 0 aliphatic rings. The van der Waals surface area contributed by atoms with Gasteiger partial charge in [0.05, 0.1) is 18.8 Å². The van der Waals surface area contributed by atoms with Crippen LogP contribution in [0.15, 0.2) is 24.3 Å². The number of aliphatic hydroxyl groups excluding tert-OH is 1. The van der Waals surface area contributed by atoms with Crippen molar-refractivity contribution in [2.45, 2.75) is 39.3 Å². The molecule has 0 saturated heterocycles. The van der Waals surface area contributed by atoms with E-state index < -0.39 is 5.54 Å². The number of urea groups is 1. The summed E-state index contributed by atoms with van der Waals surface area (Å²) in [7, 11) is 0. The molecule has 1 aromatic carbocycles. The first-order valence-corrected chi connectivity index (χ1v) is 6.90. The molecular formula is C15H24N2O3. The topological polar surface area (TPSA) is 70.6 Å². The normalized spacial score (nSPS) is 13.6. The van der Waals surface area contributed by atoms with Crippen LogP contribution in [0.5, 0.6) is 0 Å². The Morgan fingerprint density at radius 2 is 2.05 bits per heavy atom. The van der Waals surface area contributed by atoms with Gasteiger partial charge in [0.1, 0.15) is 0 Å². The maximum absolute atomic E-state index is 12.0. The number of rotatable bonds is 7. The van der Waals surface area contributed by atoms with Crippen LogP contribution >= 0.6 is 0 Å². The van der Waals surface area contributed by atoms with Gasteiger partial charge in [0, 0.05) is 17.9 Å². The molecule has 1 atom stereocenters. The Balaban J connectivity index is 2.70. The van der Waals surface area contributed by atoms with E-state index >= 15 is 0 Å². The van der Waals surface area contributed by atoms with Gasteiger partial charge in [-0.25, -0.2) is 4.79 Å². The molecule has 112 valence electrons. The van der Waals surface area contributed by atoms with Crippen molar-refractivity contribution in [3.63, 3.8) is 0 Å². The lowest BCUT2D eigenvalue weighted by Crippen LogP contribution is -2.50. The monoisotopic (exact) mass is 280 g/mol. The molecule has 2 amide bonds. The second-order valence-corrected chi connectivity index (χ2v) is 4.95. The van der Waals surface area contributed by atoms with Crippen molar-refractivity contribution in [1.82, 2.24) is 5.32 Å². The number of hydrogen-bond acceptors (Lipinski definition) is 3. The molecule has 0 aliphatic heterocycles. The van der Waals surface area contributed by atoms with Crippen molar-refractivity contribution in [1.29, 1.82) is 0 Å². The molecule has 20 heavy (non-hydrogen) atoms. The first-order valence-electron chi connectivity index (χ1n) is 6.90. The molecule has 0 bridgehead atoms. The summed E-state index contributed by atoms with van der Waals surface area (Å²) >= 11 is 0. The zero-order valence-electron chi connectivity index (χ0n) is 12.4. The molecule has 0 heterocycles. The zero-order chi connectivity index (χ0) is 15.0. The molecule has 0 aliphatic carbocycles. The minimum Gasteiger partial charge on any atom is -0.394 e. The molecule has 3 N–H and O–H groups in total. The van der Waals surface area contributed by atoms with Gasteiger partial charge in [0.25, 0.3) is 0 Å². The summed E-state index contributed by atoms with van der Waals surface area (Å²) < 4.78 is 5.37. The summed E-state index contributed by atoms with van der Waals surface area (Å²) in [6.45, 7) is 6.63. The van der Waals surface area contributed by atoms with E-state index in [2.05, 4.69) is 10.6 Å². The van der Waals surface area contributed by atoms with Crippen LogP contribution in [-0.4, -0.2) is 29.9 Å². The summed E-state index contributed by atoms with van der Waals surface area (Å²) in [5, 5.41) is 14.9. The number of aliphatic hydroxyl groups is 1. The third kappa shape index (κ3) is 4.83. The molecule has 0 radical (unpaired) electrons. The molecule has 0 spiro atoms. The summed E-state index contributed by atoms with van der Waals surface area (Å²) in [6.07, 6.45) is 0.650. The van der Waals surface area contributed by atoms with Crippen molar-refractivity contribution >= 4 is 11.7 Å². The second-order valence-electron chi connectivity index (χ2n) is 4.95. The SMILES string of the molecule is CCOCc1ccccc1NC(=O)NC(C)(CC)CO. The van der Waals surface area contributed by atoms with Gasteiger partial charge in [0.2, 0.25) is 0 Å². The Bertz CT molecular complexity index is 431. The second kappa shape index (κ2) is 7.87. The van der Waals surface area contributed by atoms with E-state index in [9.17, 15) is 9.90 Å². The van der Waals surface area contributed by atoms with Gasteiger partial charge < -0.3 is 20.5 Å². The molecular weight excluding hydrogens is 256 g/mol. The fourth-order valence-corrected chi connectivity index (χ4v) is 1.65. The van der Waals surface area contributed by atoms with Crippen LogP contribution < -0.4 is 10.6 Å². The Morgan fingerprint density at radius 1 is 1.35 bits per heavy atom. The number of carbonyl (C=O) groups excluding carboxylic acids is 1. The lowest BCUT2D eigenvalue weighted by Gasteiger charge is -2.27. The third-order valence-corrected chi connectivity index (χ3v) is 3.27. The third-order valence-electron chi connectivity index (χ3n) is 3.27. The number of ether oxygens (including phenoxy) is 1. The van der Waals surface area contributed by atoms with E-state index in [1.165, 1.54) is 0 Å². The molecule has 5 nitrogen and oxygen atoms in total. The minimum atomic E-state index is -0.612. The first-order chi connectivity index (χ1) is 9.54. The summed E-state index contributed by atoms with van der Waals surface area (Å²) in [6, 6.07) is 7.18. The van der Waals surface area contributed by atoms with Crippen molar-refractivity contribution < 1.29 is 14.6 Å². The van der Waals surface area contributed by atoms with E-state index in [0.717, 1.165) is 11.3 Å². The summed E-state index contributed by atoms with van der Waals surface area (Å²) in [5.41, 5.74) is 1.03.